The molecule has 0 saturated heterocycles. The maximum Gasteiger partial charge on any atom is 0.254 e. The summed E-state index contributed by atoms with van der Waals surface area (Å²) in [5.41, 5.74) is 0.872. The van der Waals surface area contributed by atoms with Gasteiger partial charge in [0, 0.05) is 60.1 Å². The summed E-state index contributed by atoms with van der Waals surface area (Å²) < 4.78 is 28.0. The van der Waals surface area contributed by atoms with Gasteiger partial charge < -0.3 is 10.2 Å². The van der Waals surface area contributed by atoms with Gasteiger partial charge in [-0.1, -0.05) is 18.2 Å². The fourth-order valence-corrected chi connectivity index (χ4v) is 5.97. The van der Waals surface area contributed by atoms with Gasteiger partial charge >= 0.3 is 0 Å². The number of anilines is 1. The Morgan fingerprint density at radius 2 is 1.88 bits per heavy atom. The van der Waals surface area contributed by atoms with Gasteiger partial charge in [-0.3, -0.25) is 4.79 Å². The molecule has 10 heteroatoms. The van der Waals surface area contributed by atoms with Crippen molar-refractivity contribution in [2.24, 2.45) is 0 Å². The first kappa shape index (κ1) is 23.4. The third-order valence-corrected chi connectivity index (χ3v) is 8.75. The fourth-order valence-electron chi connectivity index (χ4n) is 3.32. The molecule has 7 nitrogen and oxygen atoms in total. The molecule has 4 aromatic rings. The maximum atomic E-state index is 13.1. The fraction of sp³-hybridized carbons (Fsp3) is 0.217. The lowest BCUT2D eigenvalue weighted by molar-refractivity contribution is 0.0785. The molecule has 0 fully saturated rings. The summed E-state index contributed by atoms with van der Waals surface area (Å²) in [4.78, 5) is 20.1. The number of thiophene rings is 1. The topological polar surface area (TPSA) is 82.6 Å². The van der Waals surface area contributed by atoms with Gasteiger partial charge in [-0.05, 0) is 35.7 Å². The van der Waals surface area contributed by atoms with Gasteiger partial charge in [-0.25, -0.2) is 17.7 Å². The number of nitrogens with one attached hydrogen (secondary N) is 1. The first-order valence-electron chi connectivity index (χ1n) is 10.2. The van der Waals surface area contributed by atoms with E-state index in [4.69, 9.17) is 0 Å². The Morgan fingerprint density at radius 3 is 2.58 bits per heavy atom. The molecule has 1 N–H and O–H groups in total. The van der Waals surface area contributed by atoms with Crippen molar-refractivity contribution in [1.29, 1.82) is 0 Å². The SMILES string of the molecule is CN(Cc1nccs1)C(=O)c1cc(NCc2cc3ccccc3s2)cc(S(=O)(=O)N(C)C)c1. The average molecular weight is 501 g/mol. The molecular weight excluding hydrogens is 476 g/mol. The molecule has 2 aromatic heterocycles. The second-order valence-corrected chi connectivity index (χ2v) is 12.0. The lowest BCUT2D eigenvalue weighted by Crippen LogP contribution is -2.27. The van der Waals surface area contributed by atoms with Crippen LogP contribution in [0, 0.1) is 0 Å². The van der Waals surface area contributed by atoms with Gasteiger partial charge in [0.25, 0.3) is 5.91 Å². The number of rotatable bonds is 8. The zero-order chi connectivity index (χ0) is 23.6. The van der Waals surface area contributed by atoms with E-state index in [1.807, 2.05) is 17.5 Å². The van der Waals surface area contributed by atoms with E-state index in [2.05, 4.69) is 28.5 Å². The Kier molecular flexibility index (Phi) is 6.80. The van der Waals surface area contributed by atoms with E-state index in [0.29, 0.717) is 24.3 Å². The average Bonchev–Trinajstić information content (AvgIpc) is 3.46. The minimum Gasteiger partial charge on any atom is -0.380 e. The number of benzene rings is 2. The standard InChI is InChI=1S/C23H24N4O3S3/c1-26(2)33(29,30)20-12-17(23(28)27(3)15-22-24-8-9-31-22)10-18(13-20)25-14-19-11-16-6-4-5-7-21(16)32-19/h4-13,25H,14-15H2,1-3H3. The summed E-state index contributed by atoms with van der Waals surface area (Å²) in [5, 5.41) is 7.14. The van der Waals surface area contributed by atoms with Crippen molar-refractivity contribution in [3.63, 3.8) is 0 Å². The molecule has 2 aromatic carbocycles. The van der Waals surface area contributed by atoms with Crippen molar-refractivity contribution < 1.29 is 13.2 Å². The second kappa shape index (κ2) is 9.60. The molecule has 0 aliphatic heterocycles. The number of amides is 1. The first-order chi connectivity index (χ1) is 15.7. The summed E-state index contributed by atoms with van der Waals surface area (Å²) in [6, 6.07) is 15.0. The summed E-state index contributed by atoms with van der Waals surface area (Å²) in [7, 11) is 0.912. The van der Waals surface area contributed by atoms with Crippen LogP contribution < -0.4 is 5.32 Å². The van der Waals surface area contributed by atoms with Gasteiger partial charge in [0.15, 0.2) is 0 Å². The minimum atomic E-state index is -3.72. The number of sulfonamides is 1. The van der Waals surface area contributed by atoms with E-state index in [-0.39, 0.29) is 10.8 Å². The molecule has 0 saturated carbocycles. The number of thiazole rings is 1. The lowest BCUT2D eigenvalue weighted by Gasteiger charge is -2.19. The molecule has 33 heavy (non-hydrogen) atoms. The molecule has 4 rings (SSSR count). The van der Waals surface area contributed by atoms with Gasteiger partial charge in [0.05, 0.1) is 11.4 Å². The number of aromatic nitrogens is 1. The highest BCUT2D eigenvalue weighted by atomic mass is 32.2. The molecule has 0 unspecified atom stereocenters. The van der Waals surface area contributed by atoms with Crippen LogP contribution in [-0.4, -0.2) is 49.7 Å². The summed E-state index contributed by atoms with van der Waals surface area (Å²) in [5.74, 6) is -0.272. The van der Waals surface area contributed by atoms with E-state index in [9.17, 15) is 13.2 Å². The van der Waals surface area contributed by atoms with E-state index in [0.717, 1.165) is 14.2 Å². The number of nitrogens with zero attached hydrogens (tertiary/aromatic N) is 3. The molecule has 0 spiro atoms. The highest BCUT2D eigenvalue weighted by Gasteiger charge is 2.22. The Morgan fingerprint density at radius 1 is 1.09 bits per heavy atom. The third kappa shape index (κ3) is 5.25. The molecule has 0 radical (unpaired) electrons. The van der Waals surface area contributed by atoms with Crippen LogP contribution in [0.25, 0.3) is 10.1 Å². The zero-order valence-electron chi connectivity index (χ0n) is 18.5. The van der Waals surface area contributed by atoms with Crippen LogP contribution >= 0.6 is 22.7 Å². The van der Waals surface area contributed by atoms with Gasteiger partial charge in [-0.2, -0.15) is 0 Å². The molecule has 0 bridgehead atoms. The van der Waals surface area contributed by atoms with Crippen LogP contribution in [0.2, 0.25) is 0 Å². The van der Waals surface area contributed by atoms with Gasteiger partial charge in [0.2, 0.25) is 10.0 Å². The van der Waals surface area contributed by atoms with Crippen LogP contribution in [0.1, 0.15) is 20.2 Å². The van der Waals surface area contributed by atoms with E-state index in [1.54, 1.807) is 36.7 Å². The molecule has 172 valence electrons. The van der Waals surface area contributed by atoms with Crippen molar-refractivity contribution in [2.45, 2.75) is 18.0 Å². The Labute approximate surface area is 201 Å². The first-order valence-corrected chi connectivity index (χ1v) is 13.3. The predicted molar refractivity (Wildman–Crippen MR) is 134 cm³/mol. The summed E-state index contributed by atoms with van der Waals surface area (Å²) >= 11 is 3.15. The van der Waals surface area contributed by atoms with Gasteiger partial charge in [0.1, 0.15) is 5.01 Å². The summed E-state index contributed by atoms with van der Waals surface area (Å²) in [6.45, 7) is 0.874. The third-order valence-electron chi connectivity index (χ3n) is 5.08. The second-order valence-electron chi connectivity index (χ2n) is 7.72. The normalized spacial score (nSPS) is 11.8. The van der Waals surface area contributed by atoms with Crippen LogP contribution in [0.5, 0.6) is 0 Å². The largest absolute Gasteiger partial charge is 0.380 e. The molecule has 0 aliphatic rings. The highest BCUT2D eigenvalue weighted by molar-refractivity contribution is 7.89. The number of carbonyl (C=O) groups is 1. The van der Waals surface area contributed by atoms with E-state index >= 15 is 0 Å². The highest BCUT2D eigenvalue weighted by Crippen LogP contribution is 2.27. The van der Waals surface area contributed by atoms with E-state index in [1.165, 1.54) is 46.5 Å². The van der Waals surface area contributed by atoms with Crippen LogP contribution in [0.3, 0.4) is 0 Å². The molecule has 1 amide bonds. The lowest BCUT2D eigenvalue weighted by atomic mass is 10.1. The quantitative estimate of drug-likeness (QED) is 0.385. The van der Waals surface area contributed by atoms with Crippen LogP contribution in [-0.2, 0) is 23.1 Å². The summed E-state index contributed by atoms with van der Waals surface area (Å²) in [6.07, 6.45) is 1.69. The monoisotopic (exact) mass is 500 g/mol. The number of carbonyl (C=O) groups excluding carboxylic acids is 1. The smallest absolute Gasteiger partial charge is 0.254 e. The number of hydrogen-bond acceptors (Lipinski definition) is 7. The minimum absolute atomic E-state index is 0.0693. The Bertz CT molecular complexity index is 1350. The van der Waals surface area contributed by atoms with Crippen molar-refractivity contribution in [2.75, 3.05) is 26.5 Å². The predicted octanol–water partition coefficient (Wildman–Crippen LogP) is 4.49. The van der Waals surface area contributed by atoms with Crippen molar-refractivity contribution in [3.8, 4) is 0 Å². The Balaban J connectivity index is 1.63. The molecule has 0 aliphatic carbocycles. The molecule has 0 atom stereocenters. The Hall–Kier alpha value is -2.79. The number of fused-ring (bicyclic) bond motifs is 1. The van der Waals surface area contributed by atoms with Crippen LogP contribution in [0.15, 0.2) is 65.0 Å². The van der Waals surface area contributed by atoms with E-state index < -0.39 is 10.0 Å². The van der Waals surface area contributed by atoms with Crippen molar-refractivity contribution >= 4 is 54.4 Å². The van der Waals surface area contributed by atoms with Crippen molar-refractivity contribution in [1.82, 2.24) is 14.2 Å². The number of hydrogen-bond donors (Lipinski definition) is 1. The molecule has 2 heterocycles. The van der Waals surface area contributed by atoms with Crippen molar-refractivity contribution in [3.05, 3.63) is 75.6 Å². The maximum absolute atomic E-state index is 13.1. The van der Waals surface area contributed by atoms with Gasteiger partial charge in [-0.15, -0.1) is 22.7 Å². The zero-order valence-corrected chi connectivity index (χ0v) is 20.9. The molecular formula is C23H24N4O3S3. The van der Waals surface area contributed by atoms with Crippen LogP contribution in [0.4, 0.5) is 5.69 Å².